The number of hydrogen-bond donors (Lipinski definition) is 0. The molecule has 2 rings (SSSR count). The Morgan fingerprint density at radius 2 is 2.40 bits per heavy atom. The van der Waals surface area contributed by atoms with E-state index in [1.807, 2.05) is 0 Å². The molecule has 0 bridgehead atoms. The van der Waals surface area contributed by atoms with E-state index in [-0.39, 0.29) is 6.04 Å². The van der Waals surface area contributed by atoms with Gasteiger partial charge in [0.1, 0.15) is 6.29 Å². The summed E-state index contributed by atoms with van der Waals surface area (Å²) in [7, 11) is 0. The van der Waals surface area contributed by atoms with Crippen LogP contribution in [0.25, 0.3) is 0 Å². The largest absolute Gasteiger partial charge is 0.302 e. The van der Waals surface area contributed by atoms with E-state index in [0.717, 1.165) is 29.6 Å². The van der Waals surface area contributed by atoms with Gasteiger partial charge in [-0.2, -0.15) is 0 Å². The first-order valence-corrected chi connectivity index (χ1v) is 6.84. The first-order valence-electron chi connectivity index (χ1n) is 5.23. The van der Waals surface area contributed by atoms with E-state index in [9.17, 15) is 4.79 Å². The minimum absolute atomic E-state index is 0.139. The summed E-state index contributed by atoms with van der Waals surface area (Å²) in [6.45, 7) is 1.97. The Morgan fingerprint density at radius 3 is 3.07 bits per heavy atom. The van der Waals surface area contributed by atoms with E-state index in [4.69, 9.17) is 0 Å². The van der Waals surface area contributed by atoms with Crippen molar-refractivity contribution in [2.24, 2.45) is 0 Å². The summed E-state index contributed by atoms with van der Waals surface area (Å²) in [6.07, 6.45) is 4.53. The standard InChI is InChI=1S/C11H14BrNOS/c12-11-5-4-10(15-11)7-13-6-2-1-3-9(13)8-14/h4-5,8-9H,1-3,6-7H2. The summed E-state index contributed by atoms with van der Waals surface area (Å²) < 4.78 is 1.16. The second kappa shape index (κ2) is 5.23. The highest BCUT2D eigenvalue weighted by atomic mass is 79.9. The van der Waals surface area contributed by atoms with Gasteiger partial charge < -0.3 is 4.79 Å². The number of rotatable bonds is 3. The Bertz CT molecular complexity index is 339. The number of thiophene rings is 1. The first kappa shape index (κ1) is 11.3. The summed E-state index contributed by atoms with van der Waals surface area (Å²) in [5.41, 5.74) is 0. The Hall–Kier alpha value is -0.190. The Kier molecular flexibility index (Phi) is 3.94. The molecule has 1 aromatic rings. The van der Waals surface area contributed by atoms with Crippen LogP contribution in [0.4, 0.5) is 0 Å². The van der Waals surface area contributed by atoms with Crippen molar-refractivity contribution in [3.63, 3.8) is 0 Å². The Morgan fingerprint density at radius 1 is 1.53 bits per heavy atom. The van der Waals surface area contributed by atoms with Crippen LogP contribution in [0.15, 0.2) is 15.9 Å². The monoisotopic (exact) mass is 287 g/mol. The first-order chi connectivity index (χ1) is 7.29. The van der Waals surface area contributed by atoms with Crippen LogP contribution in [0.5, 0.6) is 0 Å². The second-order valence-corrected chi connectivity index (χ2v) is 6.42. The van der Waals surface area contributed by atoms with Crippen LogP contribution >= 0.6 is 27.3 Å². The maximum atomic E-state index is 10.9. The smallest absolute Gasteiger partial charge is 0.137 e. The summed E-state index contributed by atoms with van der Waals surface area (Å²) in [5, 5.41) is 0. The Balaban J connectivity index is 2.00. The SMILES string of the molecule is O=CC1CCCCN1Cc1ccc(Br)s1. The fourth-order valence-electron chi connectivity index (χ4n) is 2.00. The molecule has 2 heterocycles. The molecule has 1 fully saturated rings. The van der Waals surface area contributed by atoms with E-state index in [0.29, 0.717) is 0 Å². The van der Waals surface area contributed by atoms with Gasteiger partial charge in [-0.25, -0.2) is 0 Å². The summed E-state index contributed by atoms with van der Waals surface area (Å²) in [5.74, 6) is 0. The van der Waals surface area contributed by atoms with Crippen molar-refractivity contribution in [2.45, 2.75) is 31.8 Å². The average molecular weight is 288 g/mol. The number of piperidine rings is 1. The van der Waals surface area contributed by atoms with Crippen molar-refractivity contribution in [3.8, 4) is 0 Å². The highest BCUT2D eigenvalue weighted by Crippen LogP contribution is 2.25. The lowest BCUT2D eigenvalue weighted by atomic mass is 10.0. The quantitative estimate of drug-likeness (QED) is 0.797. The van der Waals surface area contributed by atoms with Crippen molar-refractivity contribution in [3.05, 3.63) is 20.8 Å². The normalized spacial score (nSPS) is 22.9. The molecule has 0 spiro atoms. The van der Waals surface area contributed by atoms with Crippen LogP contribution in [-0.4, -0.2) is 23.8 Å². The molecular weight excluding hydrogens is 274 g/mol. The van der Waals surface area contributed by atoms with Crippen LogP contribution in [0.3, 0.4) is 0 Å². The van der Waals surface area contributed by atoms with Crippen molar-refractivity contribution >= 4 is 33.6 Å². The molecule has 2 nitrogen and oxygen atoms in total. The molecule has 1 unspecified atom stereocenters. The van der Waals surface area contributed by atoms with E-state index in [2.05, 4.69) is 33.0 Å². The lowest BCUT2D eigenvalue weighted by molar-refractivity contribution is -0.113. The van der Waals surface area contributed by atoms with Gasteiger partial charge >= 0.3 is 0 Å². The zero-order valence-corrected chi connectivity index (χ0v) is 10.9. The van der Waals surface area contributed by atoms with Crippen molar-refractivity contribution in [1.82, 2.24) is 4.90 Å². The zero-order valence-electron chi connectivity index (χ0n) is 8.49. The third-order valence-corrected chi connectivity index (χ3v) is 4.42. The lowest BCUT2D eigenvalue weighted by Gasteiger charge is -2.31. The predicted octanol–water partition coefficient (Wildman–Crippen LogP) is 3.06. The van der Waals surface area contributed by atoms with Gasteiger partial charge in [0, 0.05) is 11.4 Å². The number of carbonyl (C=O) groups excluding carboxylic acids is 1. The number of nitrogens with zero attached hydrogens (tertiary/aromatic N) is 1. The fraction of sp³-hybridized carbons (Fsp3) is 0.545. The molecule has 0 aliphatic carbocycles. The van der Waals surface area contributed by atoms with E-state index < -0.39 is 0 Å². The maximum Gasteiger partial charge on any atom is 0.137 e. The average Bonchev–Trinajstić information content (AvgIpc) is 2.65. The van der Waals surface area contributed by atoms with E-state index in [1.54, 1.807) is 11.3 Å². The molecule has 1 aliphatic rings. The minimum atomic E-state index is 0.139. The highest BCUT2D eigenvalue weighted by molar-refractivity contribution is 9.11. The number of aldehydes is 1. The van der Waals surface area contributed by atoms with Gasteiger partial charge in [-0.1, -0.05) is 6.42 Å². The van der Waals surface area contributed by atoms with Crippen molar-refractivity contribution < 1.29 is 4.79 Å². The molecule has 0 radical (unpaired) electrons. The van der Waals surface area contributed by atoms with Gasteiger partial charge in [-0.15, -0.1) is 11.3 Å². The molecule has 4 heteroatoms. The maximum absolute atomic E-state index is 10.9. The summed E-state index contributed by atoms with van der Waals surface area (Å²) >= 11 is 5.21. The van der Waals surface area contributed by atoms with Crippen molar-refractivity contribution in [2.75, 3.05) is 6.54 Å². The van der Waals surface area contributed by atoms with Crippen LogP contribution in [-0.2, 0) is 11.3 Å². The molecule has 0 saturated carbocycles. The fourth-order valence-corrected chi connectivity index (χ4v) is 3.51. The van der Waals surface area contributed by atoms with Gasteiger partial charge in [0.05, 0.1) is 9.83 Å². The minimum Gasteiger partial charge on any atom is -0.302 e. The van der Waals surface area contributed by atoms with Crippen LogP contribution in [0.2, 0.25) is 0 Å². The number of likely N-dealkylation sites (tertiary alicyclic amines) is 1. The third-order valence-electron chi connectivity index (χ3n) is 2.81. The Labute approximate surface area is 102 Å². The van der Waals surface area contributed by atoms with Crippen LogP contribution < -0.4 is 0 Å². The molecule has 1 aliphatic heterocycles. The molecule has 1 atom stereocenters. The van der Waals surface area contributed by atoms with Gasteiger partial charge in [-0.3, -0.25) is 4.90 Å². The van der Waals surface area contributed by atoms with Crippen LogP contribution in [0, 0.1) is 0 Å². The predicted molar refractivity (Wildman–Crippen MR) is 66.1 cm³/mol. The van der Waals surface area contributed by atoms with Gasteiger partial charge in [-0.05, 0) is 47.4 Å². The molecule has 0 N–H and O–H groups in total. The van der Waals surface area contributed by atoms with E-state index >= 15 is 0 Å². The van der Waals surface area contributed by atoms with E-state index in [1.165, 1.54) is 17.7 Å². The molecule has 0 amide bonds. The lowest BCUT2D eigenvalue weighted by Crippen LogP contribution is -2.39. The topological polar surface area (TPSA) is 20.3 Å². The third kappa shape index (κ3) is 2.89. The second-order valence-electron chi connectivity index (χ2n) is 3.88. The number of hydrogen-bond acceptors (Lipinski definition) is 3. The van der Waals surface area contributed by atoms with Gasteiger partial charge in [0.15, 0.2) is 0 Å². The molecule has 15 heavy (non-hydrogen) atoms. The highest BCUT2D eigenvalue weighted by Gasteiger charge is 2.21. The van der Waals surface area contributed by atoms with Gasteiger partial charge in [0.2, 0.25) is 0 Å². The molecule has 1 saturated heterocycles. The van der Waals surface area contributed by atoms with Gasteiger partial charge in [0.25, 0.3) is 0 Å². The molecule has 0 aromatic carbocycles. The number of carbonyl (C=O) groups is 1. The molecular formula is C11H14BrNOS. The van der Waals surface area contributed by atoms with Crippen LogP contribution in [0.1, 0.15) is 24.1 Å². The molecule has 82 valence electrons. The summed E-state index contributed by atoms with van der Waals surface area (Å²) in [4.78, 5) is 14.5. The summed E-state index contributed by atoms with van der Waals surface area (Å²) in [6, 6.07) is 4.34. The van der Waals surface area contributed by atoms with Crippen molar-refractivity contribution in [1.29, 1.82) is 0 Å². The molecule has 1 aromatic heterocycles. The number of halogens is 1. The zero-order chi connectivity index (χ0) is 10.7.